The standard InChI is InChI=1S/C23H28F2N2O2/c1-22(2,3)21(29)27-19-15(12-17(24)13-18(19)25)9-6-14-7-10-16(11-8-14)23(4,5)20(26)28/h7-8,10-13H,6,9H2,1-5H3,(H2,26,28)(H,27,29). The quantitative estimate of drug-likeness (QED) is 0.747. The van der Waals surface area contributed by atoms with E-state index in [2.05, 4.69) is 5.32 Å². The normalized spacial score (nSPS) is 12.0. The molecule has 2 amide bonds. The van der Waals surface area contributed by atoms with E-state index in [1.165, 1.54) is 6.07 Å². The fourth-order valence-corrected chi connectivity index (χ4v) is 2.77. The van der Waals surface area contributed by atoms with Crippen molar-refractivity contribution in [3.05, 3.63) is 64.7 Å². The molecular weight excluding hydrogens is 374 g/mol. The van der Waals surface area contributed by atoms with Crippen molar-refractivity contribution >= 4 is 17.5 Å². The molecule has 6 heteroatoms. The topological polar surface area (TPSA) is 72.2 Å². The number of rotatable bonds is 6. The zero-order chi connectivity index (χ0) is 22.0. The summed E-state index contributed by atoms with van der Waals surface area (Å²) in [7, 11) is 0. The number of aryl methyl sites for hydroxylation is 2. The maximum Gasteiger partial charge on any atom is 0.229 e. The van der Waals surface area contributed by atoms with Gasteiger partial charge in [0, 0.05) is 11.5 Å². The molecule has 0 aromatic heterocycles. The Labute approximate surface area is 170 Å². The van der Waals surface area contributed by atoms with E-state index in [1.807, 2.05) is 24.3 Å². The van der Waals surface area contributed by atoms with Crippen molar-refractivity contribution in [1.82, 2.24) is 0 Å². The number of nitrogens with two attached hydrogens (primary N) is 1. The van der Waals surface area contributed by atoms with Gasteiger partial charge in [-0.05, 0) is 49.4 Å². The summed E-state index contributed by atoms with van der Waals surface area (Å²) in [5, 5.41) is 2.59. The fourth-order valence-electron chi connectivity index (χ4n) is 2.77. The molecule has 3 N–H and O–H groups in total. The monoisotopic (exact) mass is 402 g/mol. The zero-order valence-electron chi connectivity index (χ0n) is 17.5. The van der Waals surface area contributed by atoms with Gasteiger partial charge in [0.2, 0.25) is 11.8 Å². The van der Waals surface area contributed by atoms with Crippen molar-refractivity contribution in [3.63, 3.8) is 0 Å². The van der Waals surface area contributed by atoms with E-state index in [1.54, 1.807) is 34.6 Å². The molecule has 2 aromatic carbocycles. The number of carbonyl (C=O) groups is 2. The molecule has 0 heterocycles. The Hall–Kier alpha value is -2.76. The second-order valence-corrected chi connectivity index (χ2v) is 8.81. The van der Waals surface area contributed by atoms with Crippen LogP contribution in [-0.4, -0.2) is 11.8 Å². The van der Waals surface area contributed by atoms with Gasteiger partial charge in [0.15, 0.2) is 0 Å². The number of nitrogens with one attached hydrogen (secondary N) is 1. The van der Waals surface area contributed by atoms with Crippen LogP contribution in [0.3, 0.4) is 0 Å². The molecule has 0 atom stereocenters. The smallest absolute Gasteiger partial charge is 0.229 e. The Balaban J connectivity index is 2.22. The third-order valence-electron chi connectivity index (χ3n) is 5.03. The third kappa shape index (κ3) is 5.40. The summed E-state index contributed by atoms with van der Waals surface area (Å²) in [6.45, 7) is 8.67. The first-order chi connectivity index (χ1) is 13.3. The first kappa shape index (κ1) is 22.5. The molecule has 0 saturated carbocycles. The molecule has 0 unspecified atom stereocenters. The van der Waals surface area contributed by atoms with Gasteiger partial charge >= 0.3 is 0 Å². The summed E-state index contributed by atoms with van der Waals surface area (Å²) in [6.07, 6.45) is 0.853. The molecule has 2 rings (SSSR count). The van der Waals surface area contributed by atoms with Crippen LogP contribution in [0.15, 0.2) is 36.4 Å². The zero-order valence-corrected chi connectivity index (χ0v) is 17.5. The van der Waals surface area contributed by atoms with Crippen LogP contribution < -0.4 is 11.1 Å². The molecule has 0 fully saturated rings. The van der Waals surface area contributed by atoms with Crippen LogP contribution in [0.5, 0.6) is 0 Å². The summed E-state index contributed by atoms with van der Waals surface area (Å²) < 4.78 is 28.1. The van der Waals surface area contributed by atoms with Crippen LogP contribution >= 0.6 is 0 Å². The van der Waals surface area contributed by atoms with Gasteiger partial charge in [0.05, 0.1) is 11.1 Å². The molecule has 0 saturated heterocycles. The maximum absolute atomic E-state index is 14.3. The highest BCUT2D eigenvalue weighted by Gasteiger charge is 2.27. The summed E-state index contributed by atoms with van der Waals surface area (Å²) >= 11 is 0. The number of amides is 2. The van der Waals surface area contributed by atoms with Gasteiger partial charge in [0.1, 0.15) is 11.6 Å². The lowest BCUT2D eigenvalue weighted by atomic mass is 9.83. The van der Waals surface area contributed by atoms with E-state index in [9.17, 15) is 18.4 Å². The highest BCUT2D eigenvalue weighted by atomic mass is 19.1. The van der Waals surface area contributed by atoms with Crippen LogP contribution in [0.4, 0.5) is 14.5 Å². The minimum Gasteiger partial charge on any atom is -0.369 e. The van der Waals surface area contributed by atoms with Gasteiger partial charge in [-0.1, -0.05) is 45.0 Å². The lowest BCUT2D eigenvalue weighted by Gasteiger charge is -2.21. The van der Waals surface area contributed by atoms with E-state index in [4.69, 9.17) is 5.73 Å². The van der Waals surface area contributed by atoms with Crippen molar-refractivity contribution in [1.29, 1.82) is 0 Å². The van der Waals surface area contributed by atoms with Gasteiger partial charge in [-0.25, -0.2) is 8.78 Å². The molecule has 4 nitrogen and oxygen atoms in total. The van der Waals surface area contributed by atoms with Crippen molar-refractivity contribution in [3.8, 4) is 0 Å². The number of primary amides is 1. The molecular formula is C23H28F2N2O2. The van der Waals surface area contributed by atoms with E-state index in [0.29, 0.717) is 18.4 Å². The molecule has 29 heavy (non-hydrogen) atoms. The fraction of sp³-hybridized carbons (Fsp3) is 0.391. The van der Waals surface area contributed by atoms with E-state index < -0.39 is 28.4 Å². The SMILES string of the molecule is CC(C)(C)C(=O)Nc1c(F)cc(F)cc1CCc1ccc(C(C)(C)C(N)=O)cc1. The number of halogens is 2. The van der Waals surface area contributed by atoms with Gasteiger partial charge in [-0.3, -0.25) is 9.59 Å². The molecule has 0 aliphatic heterocycles. The minimum atomic E-state index is -0.795. The lowest BCUT2D eigenvalue weighted by molar-refractivity contribution is -0.123. The maximum atomic E-state index is 14.3. The summed E-state index contributed by atoms with van der Waals surface area (Å²) in [6, 6.07) is 9.39. The van der Waals surface area contributed by atoms with Crippen LogP contribution in [-0.2, 0) is 27.8 Å². The number of carbonyl (C=O) groups excluding carboxylic acids is 2. The Morgan fingerprint density at radius 2 is 1.55 bits per heavy atom. The first-order valence-corrected chi connectivity index (χ1v) is 9.51. The van der Waals surface area contributed by atoms with Crippen LogP contribution in [0.1, 0.15) is 51.3 Å². The average molecular weight is 402 g/mol. The average Bonchev–Trinajstić information content (AvgIpc) is 2.61. The van der Waals surface area contributed by atoms with Crippen molar-refractivity contribution in [2.75, 3.05) is 5.32 Å². The molecule has 0 aliphatic carbocycles. The van der Waals surface area contributed by atoms with E-state index >= 15 is 0 Å². The van der Waals surface area contributed by atoms with Gasteiger partial charge in [-0.2, -0.15) is 0 Å². The number of hydrogen-bond acceptors (Lipinski definition) is 2. The van der Waals surface area contributed by atoms with E-state index in [-0.39, 0.29) is 11.6 Å². The molecule has 0 aliphatic rings. The lowest BCUT2D eigenvalue weighted by Crippen LogP contribution is -2.35. The number of anilines is 1. The first-order valence-electron chi connectivity index (χ1n) is 9.51. The summed E-state index contributed by atoms with van der Waals surface area (Å²) in [5.74, 6) is -2.25. The number of hydrogen-bond donors (Lipinski definition) is 2. The van der Waals surface area contributed by atoms with Crippen LogP contribution in [0.2, 0.25) is 0 Å². The van der Waals surface area contributed by atoms with E-state index in [0.717, 1.165) is 17.2 Å². The predicted octanol–water partition coefficient (Wildman–Crippen LogP) is 4.50. The minimum absolute atomic E-state index is 0.0119. The summed E-state index contributed by atoms with van der Waals surface area (Å²) in [5.41, 5.74) is 6.09. The summed E-state index contributed by atoms with van der Waals surface area (Å²) in [4.78, 5) is 23.9. The predicted molar refractivity (Wildman–Crippen MR) is 111 cm³/mol. The molecule has 0 radical (unpaired) electrons. The molecule has 0 spiro atoms. The van der Waals surface area contributed by atoms with Crippen LogP contribution in [0, 0.1) is 17.0 Å². The van der Waals surface area contributed by atoms with Crippen molar-refractivity contribution in [2.24, 2.45) is 11.1 Å². The highest BCUT2D eigenvalue weighted by Crippen LogP contribution is 2.27. The number of benzene rings is 2. The van der Waals surface area contributed by atoms with Crippen LogP contribution in [0.25, 0.3) is 0 Å². The van der Waals surface area contributed by atoms with Crippen molar-refractivity contribution < 1.29 is 18.4 Å². The molecule has 156 valence electrons. The van der Waals surface area contributed by atoms with Gasteiger partial charge in [-0.15, -0.1) is 0 Å². The van der Waals surface area contributed by atoms with Gasteiger partial charge < -0.3 is 11.1 Å². The Kier molecular flexibility index (Phi) is 6.46. The third-order valence-corrected chi connectivity index (χ3v) is 5.03. The Bertz CT molecular complexity index is 914. The Morgan fingerprint density at radius 1 is 0.966 bits per heavy atom. The second kappa shape index (κ2) is 8.31. The largest absolute Gasteiger partial charge is 0.369 e. The second-order valence-electron chi connectivity index (χ2n) is 8.81. The highest BCUT2D eigenvalue weighted by molar-refractivity contribution is 5.95. The molecule has 0 bridgehead atoms. The molecule has 2 aromatic rings. The Morgan fingerprint density at radius 3 is 2.07 bits per heavy atom. The van der Waals surface area contributed by atoms with Gasteiger partial charge in [0.25, 0.3) is 0 Å². The van der Waals surface area contributed by atoms with Crippen molar-refractivity contribution in [2.45, 2.75) is 52.9 Å².